The highest BCUT2D eigenvalue weighted by Gasteiger charge is 2.29. The minimum absolute atomic E-state index is 0.142. The summed E-state index contributed by atoms with van der Waals surface area (Å²) in [4.78, 5) is 17.1. The summed E-state index contributed by atoms with van der Waals surface area (Å²) in [5.74, 6) is 1.29. The molecule has 3 aromatic rings. The molecule has 0 unspecified atom stereocenters. The molecule has 0 aliphatic carbocycles. The molecule has 33 heavy (non-hydrogen) atoms. The maximum atomic E-state index is 9.67. The fourth-order valence-corrected chi connectivity index (χ4v) is 4.14. The Balaban J connectivity index is 1.85. The van der Waals surface area contributed by atoms with Gasteiger partial charge in [-0.05, 0) is 36.8 Å². The lowest BCUT2D eigenvalue weighted by atomic mass is 10.1. The molecule has 0 spiro atoms. The number of hydrogen-bond donors (Lipinski definition) is 2. The van der Waals surface area contributed by atoms with E-state index in [1.807, 2.05) is 52.3 Å². The zero-order valence-corrected chi connectivity index (χ0v) is 18.9. The van der Waals surface area contributed by atoms with Crippen LogP contribution in [0.15, 0.2) is 60.4 Å². The van der Waals surface area contributed by atoms with Crippen molar-refractivity contribution in [2.24, 2.45) is 4.99 Å². The molecule has 0 radical (unpaired) electrons. The number of hydrogen-bond acceptors (Lipinski definition) is 8. The van der Waals surface area contributed by atoms with Crippen molar-refractivity contribution in [1.82, 2.24) is 9.97 Å². The van der Waals surface area contributed by atoms with E-state index in [0.29, 0.717) is 41.2 Å². The second kappa shape index (κ2) is 9.18. The molecule has 0 saturated heterocycles. The van der Waals surface area contributed by atoms with Crippen molar-refractivity contribution < 1.29 is 0 Å². The Morgan fingerprint density at radius 1 is 1.18 bits per heavy atom. The van der Waals surface area contributed by atoms with Crippen LogP contribution in [0.25, 0.3) is 5.70 Å². The first-order valence-electron chi connectivity index (χ1n) is 10.4. The number of benzene rings is 2. The predicted molar refractivity (Wildman–Crippen MR) is 135 cm³/mol. The Labute approximate surface area is 197 Å². The Hall–Kier alpha value is -4.09. The van der Waals surface area contributed by atoms with Crippen molar-refractivity contribution in [1.29, 1.82) is 5.26 Å². The number of nitrogen functional groups attached to an aromatic ring is 2. The number of nitrogens with two attached hydrogens (primary N) is 2. The van der Waals surface area contributed by atoms with Gasteiger partial charge in [-0.3, -0.25) is 4.90 Å². The first-order chi connectivity index (χ1) is 15.9. The van der Waals surface area contributed by atoms with E-state index in [0.717, 1.165) is 23.4 Å². The molecule has 2 aromatic carbocycles. The van der Waals surface area contributed by atoms with Gasteiger partial charge in [0.2, 0.25) is 0 Å². The summed E-state index contributed by atoms with van der Waals surface area (Å²) < 4.78 is 0. The van der Waals surface area contributed by atoms with Crippen LogP contribution in [0.3, 0.4) is 0 Å². The van der Waals surface area contributed by atoms with Crippen molar-refractivity contribution in [3.63, 3.8) is 0 Å². The molecule has 0 bridgehead atoms. The largest absolute Gasteiger partial charge is 0.399 e. The first kappa shape index (κ1) is 22.1. The van der Waals surface area contributed by atoms with Crippen LogP contribution in [0.2, 0.25) is 5.02 Å². The van der Waals surface area contributed by atoms with Gasteiger partial charge in [0.15, 0.2) is 5.82 Å². The highest BCUT2D eigenvalue weighted by atomic mass is 35.5. The molecule has 8 nitrogen and oxygen atoms in total. The van der Waals surface area contributed by atoms with Crippen molar-refractivity contribution in [3.05, 3.63) is 71.5 Å². The normalized spacial score (nSPS) is 12.7. The molecule has 0 atom stereocenters. The third kappa shape index (κ3) is 4.19. The summed E-state index contributed by atoms with van der Waals surface area (Å²) in [5, 5.41) is 10.2. The molecule has 2 heterocycles. The number of nitriles is 1. The van der Waals surface area contributed by atoms with E-state index in [9.17, 15) is 5.26 Å². The molecule has 1 aliphatic heterocycles. The van der Waals surface area contributed by atoms with Gasteiger partial charge in [0.1, 0.15) is 29.6 Å². The number of nitrogens with zero attached hydrogens (tertiary/aromatic N) is 6. The van der Waals surface area contributed by atoms with Crippen LogP contribution in [-0.4, -0.2) is 28.9 Å². The fraction of sp³-hybridized carbons (Fsp3) is 0.167. The fourth-order valence-electron chi connectivity index (χ4n) is 3.86. The second-order valence-electron chi connectivity index (χ2n) is 7.53. The van der Waals surface area contributed by atoms with Gasteiger partial charge in [0.05, 0.1) is 23.0 Å². The molecule has 1 aromatic heterocycles. The van der Waals surface area contributed by atoms with Gasteiger partial charge in [0, 0.05) is 23.5 Å². The summed E-state index contributed by atoms with van der Waals surface area (Å²) >= 11 is 6.52. The van der Waals surface area contributed by atoms with Crippen molar-refractivity contribution in [2.45, 2.75) is 13.3 Å². The maximum Gasteiger partial charge on any atom is 0.152 e. The lowest BCUT2D eigenvalue weighted by Crippen LogP contribution is -2.42. The highest BCUT2D eigenvalue weighted by Crippen LogP contribution is 2.40. The summed E-state index contributed by atoms with van der Waals surface area (Å²) in [6.45, 7) is 7.36. The van der Waals surface area contributed by atoms with Crippen LogP contribution in [0.4, 0.5) is 28.7 Å². The molecule has 1 aliphatic rings. The Kier molecular flexibility index (Phi) is 6.16. The van der Waals surface area contributed by atoms with Gasteiger partial charge in [-0.2, -0.15) is 5.26 Å². The van der Waals surface area contributed by atoms with Crippen LogP contribution in [0, 0.1) is 11.3 Å². The molecule has 0 amide bonds. The number of halogens is 1. The zero-order chi connectivity index (χ0) is 23.5. The van der Waals surface area contributed by atoms with Crippen LogP contribution in [0.5, 0.6) is 0 Å². The zero-order valence-electron chi connectivity index (χ0n) is 18.2. The summed E-state index contributed by atoms with van der Waals surface area (Å²) in [5.41, 5.74) is 15.9. The summed E-state index contributed by atoms with van der Waals surface area (Å²) in [7, 11) is 0. The van der Waals surface area contributed by atoms with Crippen LogP contribution in [-0.2, 0) is 0 Å². The smallest absolute Gasteiger partial charge is 0.152 e. The quantitative estimate of drug-likeness (QED) is 0.517. The van der Waals surface area contributed by atoms with E-state index < -0.39 is 0 Å². The van der Waals surface area contributed by atoms with Gasteiger partial charge < -0.3 is 16.4 Å². The van der Waals surface area contributed by atoms with Crippen LogP contribution < -0.4 is 21.3 Å². The van der Waals surface area contributed by atoms with Crippen molar-refractivity contribution in [3.8, 4) is 6.07 Å². The van der Waals surface area contributed by atoms with Gasteiger partial charge in [0.25, 0.3) is 0 Å². The van der Waals surface area contributed by atoms with E-state index in [2.05, 4.69) is 29.5 Å². The maximum absolute atomic E-state index is 9.67. The molecular formula is C24H23ClN8. The molecule has 4 rings (SSSR count). The van der Waals surface area contributed by atoms with Gasteiger partial charge in [-0.25, -0.2) is 15.0 Å². The van der Waals surface area contributed by atoms with E-state index in [-0.39, 0.29) is 11.4 Å². The molecule has 0 saturated carbocycles. The molecule has 166 valence electrons. The predicted octanol–water partition coefficient (Wildman–Crippen LogP) is 4.60. The number of aliphatic imine (C=N–C) groups is 1. The molecule has 9 heteroatoms. The van der Waals surface area contributed by atoms with E-state index in [1.54, 1.807) is 0 Å². The average molecular weight is 459 g/mol. The lowest BCUT2D eigenvalue weighted by Gasteiger charge is -2.36. The third-order valence-corrected chi connectivity index (χ3v) is 5.59. The number of anilines is 4. The second-order valence-corrected chi connectivity index (χ2v) is 7.94. The molecular weight excluding hydrogens is 436 g/mol. The topological polar surface area (TPSA) is 120 Å². The van der Waals surface area contributed by atoms with E-state index in [4.69, 9.17) is 28.1 Å². The number of amidine groups is 1. The molecule has 0 fully saturated rings. The van der Waals surface area contributed by atoms with Crippen LogP contribution >= 0.6 is 11.6 Å². The van der Waals surface area contributed by atoms with E-state index >= 15 is 0 Å². The summed E-state index contributed by atoms with van der Waals surface area (Å²) in [6.07, 6.45) is 2.18. The lowest BCUT2D eigenvalue weighted by molar-refractivity contribution is 0.805. The number of rotatable bonds is 6. The number of aromatic nitrogens is 2. The minimum atomic E-state index is 0.142. The van der Waals surface area contributed by atoms with Gasteiger partial charge in [-0.1, -0.05) is 37.2 Å². The first-order valence-corrected chi connectivity index (χ1v) is 10.8. The minimum Gasteiger partial charge on any atom is -0.399 e. The molecule has 4 N–H and O–H groups in total. The van der Waals surface area contributed by atoms with Gasteiger partial charge in [-0.15, -0.1) is 0 Å². The Morgan fingerprint density at radius 2 is 1.97 bits per heavy atom. The Morgan fingerprint density at radius 3 is 2.70 bits per heavy atom. The van der Waals surface area contributed by atoms with Crippen molar-refractivity contribution in [2.75, 3.05) is 34.4 Å². The van der Waals surface area contributed by atoms with Gasteiger partial charge >= 0.3 is 0 Å². The Bertz CT molecular complexity index is 1290. The van der Waals surface area contributed by atoms with Crippen molar-refractivity contribution >= 4 is 51.8 Å². The standard InChI is InChI=1S/C24H23ClN8/c1-3-10-32(24-18(12-26)23(28)29-14-30-24)13-21-31-20-9-5-8-19(25)22(20)15(2)33(21)17-7-4-6-16(27)11-17/h4-9,11,14H,2-3,10,13,27H2,1H3,(H2,28,29,30). The number of fused-ring (bicyclic) bond motifs is 1. The average Bonchev–Trinajstić information content (AvgIpc) is 2.78. The third-order valence-electron chi connectivity index (χ3n) is 5.28. The highest BCUT2D eigenvalue weighted by molar-refractivity contribution is 6.34. The summed E-state index contributed by atoms with van der Waals surface area (Å²) in [6, 6.07) is 15.2. The van der Waals surface area contributed by atoms with E-state index in [1.165, 1.54) is 6.33 Å². The SMILES string of the molecule is C=C1c2c(Cl)cccc2N=C(CN(CCC)c2ncnc(N)c2C#N)N1c1cccc(N)c1. The van der Waals surface area contributed by atoms with Crippen LogP contribution in [0.1, 0.15) is 24.5 Å². The monoisotopic (exact) mass is 458 g/mol.